The second-order valence-electron chi connectivity index (χ2n) is 16.0. The van der Waals surface area contributed by atoms with Crippen LogP contribution >= 0.6 is 0 Å². The van der Waals surface area contributed by atoms with Gasteiger partial charge >= 0.3 is 5.97 Å². The first-order chi connectivity index (χ1) is 16.2. The Morgan fingerprint density at radius 1 is 0.771 bits per heavy atom. The molecule has 5 aliphatic carbocycles. The Morgan fingerprint density at radius 3 is 2.06 bits per heavy atom. The lowest BCUT2D eigenvalue weighted by Gasteiger charge is -2.67. The molecule has 0 radical (unpaired) electrons. The maximum Gasteiger partial charge on any atom is 0.302 e. The van der Waals surface area contributed by atoms with Crippen molar-refractivity contribution in [3.8, 4) is 0 Å². The smallest absolute Gasteiger partial charge is 0.302 e. The summed E-state index contributed by atoms with van der Waals surface area (Å²) in [7, 11) is 0. The second kappa shape index (κ2) is 8.47. The third kappa shape index (κ3) is 3.95. The molecule has 0 bridgehead atoms. The predicted octanol–water partition coefficient (Wildman–Crippen LogP) is 7.36. The average Bonchev–Trinajstić information content (AvgIpc) is 2.73. The lowest BCUT2D eigenvalue weighted by Crippen LogP contribution is -2.63. The van der Waals surface area contributed by atoms with Crippen molar-refractivity contribution in [3.05, 3.63) is 0 Å². The minimum Gasteiger partial charge on any atom is -0.462 e. The van der Waals surface area contributed by atoms with Gasteiger partial charge in [0.25, 0.3) is 0 Å². The van der Waals surface area contributed by atoms with Gasteiger partial charge in [-0.25, -0.2) is 0 Å². The van der Waals surface area contributed by atoms with Gasteiger partial charge in [-0.1, -0.05) is 55.4 Å². The molecule has 0 aliphatic heterocycles. The number of ether oxygens (including phenoxy) is 1. The van der Waals surface area contributed by atoms with Gasteiger partial charge in [0.05, 0.1) is 6.10 Å². The van der Waals surface area contributed by atoms with Crippen LogP contribution in [0.4, 0.5) is 0 Å². The van der Waals surface area contributed by atoms with E-state index in [0.29, 0.717) is 29.1 Å². The molecule has 200 valence electrons. The Labute approximate surface area is 215 Å². The summed E-state index contributed by atoms with van der Waals surface area (Å²) in [4.78, 5) is 11.9. The highest BCUT2D eigenvalue weighted by atomic mass is 16.5. The highest BCUT2D eigenvalue weighted by Crippen LogP contribution is 2.69. The van der Waals surface area contributed by atoms with Gasteiger partial charge in [-0.2, -0.15) is 0 Å². The lowest BCUT2D eigenvalue weighted by molar-refractivity contribution is -0.213. The van der Waals surface area contributed by atoms with E-state index in [2.05, 4.69) is 55.4 Å². The molecule has 10 unspecified atom stereocenters. The zero-order valence-corrected chi connectivity index (χ0v) is 24.1. The third-order valence-corrected chi connectivity index (χ3v) is 12.8. The number of carbonyl (C=O) groups is 1. The summed E-state index contributed by atoms with van der Waals surface area (Å²) in [6.45, 7) is 21.2. The fourth-order valence-electron chi connectivity index (χ4n) is 11.8. The van der Waals surface area contributed by atoms with Gasteiger partial charge in [0.15, 0.2) is 0 Å². The number of rotatable bonds is 1. The Balaban J connectivity index is 1.46. The molecule has 12 atom stereocenters. The number of aliphatic hydroxyl groups is 1. The van der Waals surface area contributed by atoms with E-state index in [-0.39, 0.29) is 29.0 Å². The zero-order valence-electron chi connectivity index (χ0n) is 24.1. The molecule has 5 fully saturated rings. The molecule has 0 spiro atoms. The largest absolute Gasteiger partial charge is 0.462 e. The van der Waals surface area contributed by atoms with Gasteiger partial charge in [0.2, 0.25) is 0 Å². The summed E-state index contributed by atoms with van der Waals surface area (Å²) in [5.74, 6) is 7.11. The number of aliphatic hydroxyl groups excluding tert-OH is 1. The van der Waals surface area contributed by atoms with E-state index in [1.54, 1.807) is 6.92 Å². The number of fused-ring (bicyclic) bond motifs is 7. The monoisotopic (exact) mass is 486 g/mol. The third-order valence-electron chi connectivity index (χ3n) is 12.8. The maximum atomic E-state index is 11.9. The molecule has 0 saturated heterocycles. The van der Waals surface area contributed by atoms with Crippen LogP contribution in [-0.2, 0) is 9.53 Å². The van der Waals surface area contributed by atoms with Crippen LogP contribution in [0.15, 0.2) is 0 Å². The molecule has 0 aromatic heterocycles. The van der Waals surface area contributed by atoms with Gasteiger partial charge in [-0.3, -0.25) is 4.79 Å². The van der Waals surface area contributed by atoms with Gasteiger partial charge in [0, 0.05) is 12.3 Å². The maximum absolute atomic E-state index is 11.9. The normalized spacial score (nSPS) is 51.7. The van der Waals surface area contributed by atoms with Crippen molar-refractivity contribution >= 4 is 5.97 Å². The van der Waals surface area contributed by atoms with E-state index in [4.69, 9.17) is 4.74 Å². The van der Waals surface area contributed by atoms with E-state index < -0.39 is 0 Å². The standard InChI is InChI=1S/C32H54O3/c1-17-14-23-20(10-11-22-26(23)18(2)15-31(6,7)29(22)34)28-27(17)21-12-13-25(35-19(3)33)32(8,9)24(21)16-30(28,4)5/h17-18,20-29,34H,10-16H2,1-9H3/t17-,18+,20?,21?,22?,23?,24?,25?,26?,27?,28?,29?/m0/s1. The van der Waals surface area contributed by atoms with Crippen LogP contribution in [-0.4, -0.2) is 23.3 Å². The first kappa shape index (κ1) is 26.1. The van der Waals surface area contributed by atoms with E-state index in [0.717, 1.165) is 41.9 Å². The zero-order chi connectivity index (χ0) is 25.7. The number of hydrogen-bond donors (Lipinski definition) is 1. The Kier molecular flexibility index (Phi) is 6.30. The molecular formula is C32H54O3. The van der Waals surface area contributed by atoms with E-state index in [1.165, 1.54) is 38.5 Å². The van der Waals surface area contributed by atoms with Crippen LogP contribution < -0.4 is 0 Å². The first-order valence-electron chi connectivity index (χ1n) is 15.0. The van der Waals surface area contributed by atoms with Crippen molar-refractivity contribution in [3.63, 3.8) is 0 Å². The Morgan fingerprint density at radius 2 is 1.40 bits per heavy atom. The number of esters is 1. The summed E-state index contributed by atoms with van der Waals surface area (Å²) in [6.07, 6.45) is 8.50. The van der Waals surface area contributed by atoms with Crippen molar-refractivity contribution in [2.75, 3.05) is 0 Å². The summed E-state index contributed by atoms with van der Waals surface area (Å²) in [5.41, 5.74) is 0.403. The van der Waals surface area contributed by atoms with Crippen LogP contribution in [0.3, 0.4) is 0 Å². The molecule has 5 aliphatic rings. The molecule has 0 heterocycles. The minimum absolute atomic E-state index is 0.0403. The molecule has 0 aromatic rings. The molecule has 5 rings (SSSR count). The van der Waals surface area contributed by atoms with Gasteiger partial charge < -0.3 is 9.84 Å². The van der Waals surface area contributed by atoms with Crippen LogP contribution in [0.1, 0.15) is 107 Å². The lowest BCUT2D eigenvalue weighted by atomic mass is 9.38. The minimum atomic E-state index is -0.140. The van der Waals surface area contributed by atoms with E-state index in [1.807, 2.05) is 0 Å². The van der Waals surface area contributed by atoms with Crippen LogP contribution in [0, 0.1) is 75.4 Å². The van der Waals surface area contributed by atoms with Crippen molar-refractivity contribution in [2.45, 2.75) is 119 Å². The molecular weight excluding hydrogens is 432 g/mol. The van der Waals surface area contributed by atoms with Crippen LogP contribution in [0.25, 0.3) is 0 Å². The van der Waals surface area contributed by atoms with Crippen LogP contribution in [0.5, 0.6) is 0 Å². The summed E-state index contributed by atoms with van der Waals surface area (Å²) >= 11 is 0. The molecule has 5 saturated carbocycles. The fourth-order valence-corrected chi connectivity index (χ4v) is 11.8. The molecule has 3 nitrogen and oxygen atoms in total. The average molecular weight is 487 g/mol. The highest BCUT2D eigenvalue weighted by Gasteiger charge is 2.64. The number of carbonyl (C=O) groups excluding carboxylic acids is 1. The number of hydrogen-bond acceptors (Lipinski definition) is 3. The Hall–Kier alpha value is -0.570. The van der Waals surface area contributed by atoms with Gasteiger partial charge in [-0.05, 0) is 115 Å². The molecule has 3 heteroatoms. The molecule has 1 N–H and O–H groups in total. The van der Waals surface area contributed by atoms with E-state index >= 15 is 0 Å². The van der Waals surface area contributed by atoms with Crippen molar-refractivity contribution < 1.29 is 14.6 Å². The van der Waals surface area contributed by atoms with Gasteiger partial charge in [0.1, 0.15) is 6.10 Å². The van der Waals surface area contributed by atoms with Crippen LogP contribution in [0.2, 0.25) is 0 Å². The topological polar surface area (TPSA) is 46.5 Å². The van der Waals surface area contributed by atoms with Gasteiger partial charge in [-0.15, -0.1) is 0 Å². The van der Waals surface area contributed by atoms with Crippen molar-refractivity contribution in [1.82, 2.24) is 0 Å². The van der Waals surface area contributed by atoms with Crippen molar-refractivity contribution in [2.24, 2.45) is 75.4 Å². The van der Waals surface area contributed by atoms with E-state index in [9.17, 15) is 9.90 Å². The quantitative estimate of drug-likeness (QED) is 0.394. The summed E-state index contributed by atoms with van der Waals surface area (Å²) in [6, 6.07) is 0. The first-order valence-corrected chi connectivity index (χ1v) is 15.0. The highest BCUT2D eigenvalue weighted by molar-refractivity contribution is 5.66. The summed E-state index contributed by atoms with van der Waals surface area (Å²) in [5, 5.41) is 11.4. The fraction of sp³-hybridized carbons (Fsp3) is 0.969. The molecule has 0 aromatic carbocycles. The predicted molar refractivity (Wildman–Crippen MR) is 141 cm³/mol. The SMILES string of the molecule is CC(=O)OC1CCC2C3C(C4CCC5C(C4C[C@@H]3C)[C@H](C)CC(C)(C)C5O)C(C)(C)CC2C1(C)C. The van der Waals surface area contributed by atoms with Crippen molar-refractivity contribution in [1.29, 1.82) is 0 Å². The second-order valence-corrected chi connectivity index (χ2v) is 16.0. The summed E-state index contributed by atoms with van der Waals surface area (Å²) < 4.78 is 5.91. The molecule has 35 heavy (non-hydrogen) atoms. The molecule has 0 amide bonds. The Bertz CT molecular complexity index is 827.